The SMILES string of the molecule is CCS(=O)(=O)c1ccc2c(c1)-c1cn(C)c(=O)cc1OCCCc1ccccc1O2. The molecule has 1 aliphatic rings. The molecule has 1 aromatic heterocycles. The Bertz CT molecular complexity index is 1260. The first-order valence-electron chi connectivity index (χ1n) is 9.85. The molecule has 3 aromatic rings. The van der Waals surface area contributed by atoms with Gasteiger partial charge in [-0.1, -0.05) is 25.1 Å². The van der Waals surface area contributed by atoms with Crippen molar-refractivity contribution in [3.63, 3.8) is 0 Å². The number of hydrogen-bond donors (Lipinski definition) is 0. The summed E-state index contributed by atoms with van der Waals surface area (Å²) in [4.78, 5) is 12.4. The van der Waals surface area contributed by atoms with Crippen molar-refractivity contribution >= 4 is 9.84 Å². The Labute approximate surface area is 175 Å². The molecule has 1 aliphatic heterocycles. The highest BCUT2D eigenvalue weighted by Gasteiger charge is 2.21. The van der Waals surface area contributed by atoms with Crippen LogP contribution in [0.1, 0.15) is 18.9 Å². The molecule has 7 heteroatoms. The molecule has 0 saturated carbocycles. The lowest BCUT2D eigenvalue weighted by molar-refractivity contribution is 0.311. The number of aromatic nitrogens is 1. The lowest BCUT2D eigenvalue weighted by Crippen LogP contribution is -2.16. The van der Waals surface area contributed by atoms with Gasteiger partial charge in [-0.2, -0.15) is 0 Å². The van der Waals surface area contributed by atoms with Gasteiger partial charge >= 0.3 is 0 Å². The van der Waals surface area contributed by atoms with Gasteiger partial charge in [0.2, 0.25) is 0 Å². The first kappa shape index (κ1) is 20.2. The summed E-state index contributed by atoms with van der Waals surface area (Å²) in [5, 5.41) is 0. The number of benzene rings is 2. The van der Waals surface area contributed by atoms with E-state index >= 15 is 0 Å². The summed E-state index contributed by atoms with van der Waals surface area (Å²) >= 11 is 0. The highest BCUT2D eigenvalue weighted by Crippen LogP contribution is 2.40. The number of sulfone groups is 1. The number of ether oxygens (including phenoxy) is 2. The summed E-state index contributed by atoms with van der Waals surface area (Å²) < 4.78 is 38.7. The number of rotatable bonds is 2. The average Bonchev–Trinajstić information content (AvgIpc) is 2.76. The molecule has 0 amide bonds. The highest BCUT2D eigenvalue weighted by molar-refractivity contribution is 7.91. The van der Waals surface area contributed by atoms with Gasteiger partial charge in [0.15, 0.2) is 9.84 Å². The van der Waals surface area contributed by atoms with Crippen molar-refractivity contribution in [1.29, 1.82) is 0 Å². The molecule has 0 bridgehead atoms. The number of pyridine rings is 1. The molecule has 4 rings (SSSR count). The predicted octanol–water partition coefficient (Wildman–Crippen LogP) is 3.96. The Morgan fingerprint density at radius 3 is 2.60 bits per heavy atom. The van der Waals surface area contributed by atoms with Crippen molar-refractivity contribution in [2.75, 3.05) is 12.4 Å². The van der Waals surface area contributed by atoms with Crippen LogP contribution in [0.25, 0.3) is 11.1 Å². The lowest BCUT2D eigenvalue weighted by atomic mass is 10.1. The fraction of sp³-hybridized carbons (Fsp3) is 0.261. The second-order valence-electron chi connectivity index (χ2n) is 7.22. The number of para-hydroxylation sites is 1. The maximum absolute atomic E-state index is 12.5. The first-order valence-corrected chi connectivity index (χ1v) is 11.5. The van der Waals surface area contributed by atoms with Crippen molar-refractivity contribution in [1.82, 2.24) is 4.57 Å². The van der Waals surface area contributed by atoms with Gasteiger partial charge in [-0.25, -0.2) is 8.42 Å². The molecule has 6 nitrogen and oxygen atoms in total. The van der Waals surface area contributed by atoms with Gasteiger partial charge in [0.05, 0.1) is 17.3 Å². The Hall–Kier alpha value is -3.06. The van der Waals surface area contributed by atoms with Crippen molar-refractivity contribution in [2.45, 2.75) is 24.7 Å². The molecule has 2 heterocycles. The van der Waals surface area contributed by atoms with E-state index in [0.29, 0.717) is 29.2 Å². The van der Waals surface area contributed by atoms with E-state index in [9.17, 15) is 13.2 Å². The van der Waals surface area contributed by atoms with E-state index in [1.54, 1.807) is 38.4 Å². The van der Waals surface area contributed by atoms with Crippen LogP contribution in [0.4, 0.5) is 0 Å². The monoisotopic (exact) mass is 425 g/mol. The van der Waals surface area contributed by atoms with Gasteiger partial charge in [0.25, 0.3) is 5.56 Å². The molecule has 0 radical (unpaired) electrons. The topological polar surface area (TPSA) is 74.6 Å². The van der Waals surface area contributed by atoms with Gasteiger partial charge in [-0.05, 0) is 42.7 Å². The van der Waals surface area contributed by atoms with Crippen LogP contribution in [0.2, 0.25) is 0 Å². The van der Waals surface area contributed by atoms with Crippen LogP contribution >= 0.6 is 0 Å². The van der Waals surface area contributed by atoms with E-state index in [1.165, 1.54) is 10.6 Å². The van der Waals surface area contributed by atoms with E-state index in [1.807, 2.05) is 24.3 Å². The van der Waals surface area contributed by atoms with Crippen molar-refractivity contribution < 1.29 is 17.9 Å². The number of hydrogen-bond acceptors (Lipinski definition) is 5. The Kier molecular flexibility index (Phi) is 5.39. The van der Waals surface area contributed by atoms with Gasteiger partial charge in [-0.3, -0.25) is 4.79 Å². The largest absolute Gasteiger partial charge is 0.493 e. The number of fused-ring (bicyclic) bond motifs is 4. The molecule has 2 aromatic carbocycles. The molecule has 0 N–H and O–H groups in total. The molecule has 0 fully saturated rings. The quantitative estimate of drug-likeness (QED) is 0.621. The molecule has 0 unspecified atom stereocenters. The zero-order chi connectivity index (χ0) is 21.3. The third-order valence-corrected chi connectivity index (χ3v) is 6.94. The zero-order valence-electron chi connectivity index (χ0n) is 16.9. The predicted molar refractivity (Wildman–Crippen MR) is 115 cm³/mol. The molecule has 30 heavy (non-hydrogen) atoms. The van der Waals surface area contributed by atoms with Crippen molar-refractivity contribution in [3.8, 4) is 28.4 Å². The van der Waals surface area contributed by atoms with Gasteiger partial charge in [0.1, 0.15) is 17.2 Å². The third kappa shape index (κ3) is 3.85. The average molecular weight is 426 g/mol. The van der Waals surface area contributed by atoms with Crippen molar-refractivity contribution in [2.24, 2.45) is 7.05 Å². The maximum atomic E-state index is 12.5. The van der Waals surface area contributed by atoms with Gasteiger partial charge in [-0.15, -0.1) is 0 Å². The van der Waals surface area contributed by atoms with Crippen LogP contribution in [0.3, 0.4) is 0 Å². The van der Waals surface area contributed by atoms with E-state index in [2.05, 4.69) is 0 Å². The van der Waals surface area contributed by atoms with E-state index in [4.69, 9.17) is 9.47 Å². The van der Waals surface area contributed by atoms with E-state index in [0.717, 1.165) is 24.2 Å². The van der Waals surface area contributed by atoms with Crippen LogP contribution in [-0.4, -0.2) is 25.3 Å². The summed E-state index contributed by atoms with van der Waals surface area (Å²) in [6, 6.07) is 14.0. The van der Waals surface area contributed by atoms with Crippen molar-refractivity contribution in [3.05, 3.63) is 70.6 Å². The van der Waals surface area contributed by atoms with Gasteiger partial charge in [0, 0.05) is 30.4 Å². The van der Waals surface area contributed by atoms with Crippen LogP contribution < -0.4 is 15.0 Å². The van der Waals surface area contributed by atoms with Crippen LogP contribution in [0.5, 0.6) is 17.2 Å². The number of aryl methyl sites for hydroxylation is 2. The second kappa shape index (κ2) is 7.99. The minimum Gasteiger partial charge on any atom is -0.493 e. The third-order valence-electron chi connectivity index (χ3n) is 5.21. The fourth-order valence-corrected chi connectivity index (χ4v) is 4.38. The van der Waals surface area contributed by atoms with Gasteiger partial charge < -0.3 is 14.0 Å². The second-order valence-corrected chi connectivity index (χ2v) is 9.50. The lowest BCUT2D eigenvalue weighted by Gasteiger charge is -2.17. The molecule has 0 saturated heterocycles. The molecule has 156 valence electrons. The fourth-order valence-electron chi connectivity index (χ4n) is 3.48. The maximum Gasteiger partial charge on any atom is 0.254 e. The summed E-state index contributed by atoms with van der Waals surface area (Å²) in [6.07, 6.45) is 3.17. The van der Waals surface area contributed by atoms with Crippen LogP contribution in [-0.2, 0) is 23.3 Å². The Balaban J connectivity index is 1.99. The smallest absolute Gasteiger partial charge is 0.254 e. The minimum atomic E-state index is -3.42. The standard InChI is InChI=1S/C23H23NO5S/c1-3-30(26,27)17-10-11-21-18(13-17)19-15-24(2)23(25)14-22(19)28-12-6-8-16-7-4-5-9-20(16)29-21/h4-5,7,9-11,13-15H,3,6,8,12H2,1-2H3. The molecule has 0 aliphatic carbocycles. The molecular formula is C23H23NO5S. The highest BCUT2D eigenvalue weighted by atomic mass is 32.2. The first-order chi connectivity index (χ1) is 14.4. The van der Waals surface area contributed by atoms with E-state index < -0.39 is 9.84 Å². The molecule has 0 spiro atoms. The molecule has 0 atom stereocenters. The van der Waals surface area contributed by atoms with Crippen LogP contribution in [0, 0.1) is 0 Å². The summed E-state index contributed by atoms with van der Waals surface area (Å²) in [5.41, 5.74) is 2.01. The van der Waals surface area contributed by atoms with E-state index in [-0.39, 0.29) is 16.2 Å². The Morgan fingerprint density at radius 2 is 1.80 bits per heavy atom. The minimum absolute atomic E-state index is 0.00783. The normalized spacial score (nSPS) is 13.7. The molecular weight excluding hydrogens is 402 g/mol. The summed E-state index contributed by atoms with van der Waals surface area (Å²) in [7, 11) is -1.77. The zero-order valence-corrected chi connectivity index (χ0v) is 17.7. The summed E-state index contributed by atoms with van der Waals surface area (Å²) in [5.74, 6) is 1.63. The summed E-state index contributed by atoms with van der Waals surface area (Å²) in [6.45, 7) is 2.04. The number of nitrogens with zero attached hydrogens (tertiary/aromatic N) is 1. The van der Waals surface area contributed by atoms with Crippen LogP contribution in [0.15, 0.2) is 64.4 Å². The Morgan fingerprint density at radius 1 is 1.00 bits per heavy atom.